The molecule has 2 aromatic rings. The summed E-state index contributed by atoms with van der Waals surface area (Å²) in [4.78, 5) is 39.3. The van der Waals surface area contributed by atoms with Crippen LogP contribution in [-0.4, -0.2) is 51.9 Å². The van der Waals surface area contributed by atoms with Gasteiger partial charge in [-0.05, 0) is 29.7 Å². The number of benzene rings is 2. The Balaban J connectivity index is 1.23. The van der Waals surface area contributed by atoms with Crippen molar-refractivity contribution in [1.82, 2.24) is 15.1 Å². The number of urea groups is 1. The first-order valence-corrected chi connectivity index (χ1v) is 11.0. The zero-order chi connectivity index (χ0) is 20.9. The lowest BCUT2D eigenvalue weighted by Crippen LogP contribution is -2.39. The topological polar surface area (TPSA) is 81.8 Å². The number of amides is 4. The normalized spacial score (nSPS) is 19.3. The molecule has 2 N–H and O–H groups in total. The molecule has 0 aliphatic carbocycles. The van der Waals surface area contributed by atoms with E-state index < -0.39 is 0 Å². The van der Waals surface area contributed by atoms with Gasteiger partial charge in [0.05, 0.1) is 12.3 Å². The molecule has 1 unspecified atom stereocenters. The highest BCUT2D eigenvalue weighted by atomic mass is 32.2. The van der Waals surface area contributed by atoms with Crippen LogP contribution in [0.15, 0.2) is 54.6 Å². The molecule has 1 atom stereocenters. The lowest BCUT2D eigenvalue weighted by molar-refractivity contribution is -0.125. The van der Waals surface area contributed by atoms with Gasteiger partial charge in [0.15, 0.2) is 0 Å². The van der Waals surface area contributed by atoms with Crippen LogP contribution in [0.1, 0.15) is 17.5 Å². The van der Waals surface area contributed by atoms with Crippen molar-refractivity contribution in [3.63, 3.8) is 0 Å². The van der Waals surface area contributed by atoms with Gasteiger partial charge >= 0.3 is 6.03 Å². The van der Waals surface area contributed by atoms with E-state index in [1.165, 1.54) is 10.5 Å². The smallest absolute Gasteiger partial charge is 0.319 e. The summed E-state index contributed by atoms with van der Waals surface area (Å²) in [6.45, 7) is 2.94. The van der Waals surface area contributed by atoms with Gasteiger partial charge in [0, 0.05) is 31.4 Å². The fraction of sp³-hybridized carbons (Fsp3) is 0.318. The maximum Gasteiger partial charge on any atom is 0.319 e. The molecule has 2 heterocycles. The number of hydrogen-bond acceptors (Lipinski definition) is 5. The van der Waals surface area contributed by atoms with Gasteiger partial charge in [-0.3, -0.25) is 19.4 Å². The molecule has 0 spiro atoms. The fourth-order valence-electron chi connectivity index (χ4n) is 3.70. The summed E-state index contributed by atoms with van der Waals surface area (Å²) < 4.78 is 0. The van der Waals surface area contributed by atoms with Gasteiger partial charge in [-0.2, -0.15) is 0 Å². The van der Waals surface area contributed by atoms with Crippen molar-refractivity contribution in [1.29, 1.82) is 0 Å². The van der Waals surface area contributed by atoms with Crippen LogP contribution in [0.25, 0.3) is 0 Å². The predicted molar refractivity (Wildman–Crippen MR) is 117 cm³/mol. The SMILES string of the molecule is O=C(Nc1ccc(CN2C(=O)CSC2=O)cc1)NC1CCN(Cc2ccccc2)C1. The van der Waals surface area contributed by atoms with E-state index in [1.54, 1.807) is 12.1 Å². The summed E-state index contributed by atoms with van der Waals surface area (Å²) in [6, 6.07) is 17.4. The number of nitrogens with zero attached hydrogens (tertiary/aromatic N) is 2. The Hall–Kier alpha value is -2.84. The average Bonchev–Trinajstić information content (AvgIpc) is 3.31. The molecule has 0 bridgehead atoms. The summed E-state index contributed by atoms with van der Waals surface area (Å²) in [7, 11) is 0. The Morgan fingerprint density at radius 2 is 1.73 bits per heavy atom. The van der Waals surface area contributed by atoms with E-state index in [-0.39, 0.29) is 35.5 Å². The molecular formula is C22H24N4O3S. The quantitative estimate of drug-likeness (QED) is 0.744. The molecule has 2 aromatic carbocycles. The minimum Gasteiger partial charge on any atom is -0.334 e. The first-order chi connectivity index (χ1) is 14.6. The van der Waals surface area contributed by atoms with Crippen molar-refractivity contribution >= 4 is 34.6 Å². The molecule has 4 amide bonds. The van der Waals surface area contributed by atoms with E-state index in [0.717, 1.165) is 43.4 Å². The van der Waals surface area contributed by atoms with Gasteiger partial charge in [-0.15, -0.1) is 0 Å². The second kappa shape index (κ2) is 9.32. The summed E-state index contributed by atoms with van der Waals surface area (Å²) in [6.07, 6.45) is 0.926. The minimum absolute atomic E-state index is 0.123. The Morgan fingerprint density at radius 1 is 1.00 bits per heavy atom. The lowest BCUT2D eigenvalue weighted by Gasteiger charge is -2.17. The highest BCUT2D eigenvalue weighted by Gasteiger charge is 2.29. The highest BCUT2D eigenvalue weighted by Crippen LogP contribution is 2.22. The first kappa shape index (κ1) is 20.4. The van der Waals surface area contributed by atoms with Gasteiger partial charge in [0.25, 0.3) is 5.24 Å². The zero-order valence-electron chi connectivity index (χ0n) is 16.5. The van der Waals surface area contributed by atoms with Crippen LogP contribution in [0.2, 0.25) is 0 Å². The number of rotatable bonds is 6. The Labute approximate surface area is 179 Å². The van der Waals surface area contributed by atoms with Crippen molar-refractivity contribution in [3.8, 4) is 0 Å². The van der Waals surface area contributed by atoms with E-state index in [4.69, 9.17) is 0 Å². The summed E-state index contributed by atoms with van der Waals surface area (Å²) in [5.41, 5.74) is 2.79. The van der Waals surface area contributed by atoms with Crippen molar-refractivity contribution in [2.75, 3.05) is 24.2 Å². The molecule has 30 heavy (non-hydrogen) atoms. The molecular weight excluding hydrogens is 400 g/mol. The van der Waals surface area contributed by atoms with Gasteiger partial charge in [0.2, 0.25) is 5.91 Å². The molecule has 2 aliphatic rings. The van der Waals surface area contributed by atoms with E-state index in [0.29, 0.717) is 5.69 Å². The maximum absolute atomic E-state index is 12.3. The number of thioether (sulfide) groups is 1. The van der Waals surface area contributed by atoms with E-state index in [1.807, 2.05) is 30.3 Å². The number of nitrogens with one attached hydrogen (secondary N) is 2. The van der Waals surface area contributed by atoms with Crippen LogP contribution in [-0.2, 0) is 17.9 Å². The van der Waals surface area contributed by atoms with Gasteiger partial charge in [-0.1, -0.05) is 54.2 Å². The minimum atomic E-state index is -0.226. The van der Waals surface area contributed by atoms with Crippen LogP contribution in [0, 0.1) is 0 Å². The summed E-state index contributed by atoms with van der Waals surface area (Å²) >= 11 is 1.03. The maximum atomic E-state index is 12.3. The van der Waals surface area contributed by atoms with Crippen LogP contribution in [0.5, 0.6) is 0 Å². The van der Waals surface area contributed by atoms with Crippen LogP contribution in [0.4, 0.5) is 15.3 Å². The Bertz CT molecular complexity index is 904. The molecule has 0 aromatic heterocycles. The standard InChI is InChI=1S/C22H24N4O3S/c27-20-15-30-22(29)26(20)13-17-6-8-18(9-7-17)23-21(28)24-19-10-11-25(14-19)12-16-4-2-1-3-5-16/h1-9,19H,10-15H2,(H2,23,24,28). The Kier molecular flexibility index (Phi) is 6.35. The highest BCUT2D eigenvalue weighted by molar-refractivity contribution is 8.14. The average molecular weight is 425 g/mol. The van der Waals surface area contributed by atoms with E-state index in [2.05, 4.69) is 27.7 Å². The van der Waals surface area contributed by atoms with E-state index >= 15 is 0 Å². The van der Waals surface area contributed by atoms with Crippen molar-refractivity contribution in [2.45, 2.75) is 25.6 Å². The number of anilines is 1. The number of hydrogen-bond donors (Lipinski definition) is 2. The molecule has 2 saturated heterocycles. The Morgan fingerprint density at radius 3 is 2.43 bits per heavy atom. The molecule has 0 saturated carbocycles. The van der Waals surface area contributed by atoms with Gasteiger partial charge < -0.3 is 10.6 Å². The monoisotopic (exact) mass is 424 g/mol. The number of imide groups is 1. The number of likely N-dealkylation sites (tertiary alicyclic amines) is 1. The number of carbonyl (C=O) groups excluding carboxylic acids is 3. The fourth-order valence-corrected chi connectivity index (χ4v) is 4.42. The molecule has 2 fully saturated rings. The molecule has 8 heteroatoms. The largest absolute Gasteiger partial charge is 0.334 e. The third-order valence-corrected chi connectivity index (χ3v) is 6.11. The number of carbonyl (C=O) groups is 3. The third-order valence-electron chi connectivity index (χ3n) is 5.25. The second-order valence-corrected chi connectivity index (χ2v) is 8.46. The van der Waals surface area contributed by atoms with Gasteiger partial charge in [0.1, 0.15) is 0 Å². The molecule has 0 radical (unpaired) electrons. The van der Waals surface area contributed by atoms with Crippen molar-refractivity contribution < 1.29 is 14.4 Å². The molecule has 156 valence electrons. The van der Waals surface area contributed by atoms with Crippen LogP contribution in [0.3, 0.4) is 0 Å². The summed E-state index contributed by atoms with van der Waals surface area (Å²) in [5, 5.41) is 5.68. The van der Waals surface area contributed by atoms with E-state index in [9.17, 15) is 14.4 Å². The van der Waals surface area contributed by atoms with Crippen molar-refractivity contribution in [2.24, 2.45) is 0 Å². The molecule has 2 aliphatic heterocycles. The van der Waals surface area contributed by atoms with Crippen LogP contribution < -0.4 is 10.6 Å². The van der Waals surface area contributed by atoms with Crippen LogP contribution >= 0.6 is 11.8 Å². The molecule has 7 nitrogen and oxygen atoms in total. The summed E-state index contributed by atoms with van der Waals surface area (Å²) in [5.74, 6) is 0.0484. The zero-order valence-corrected chi connectivity index (χ0v) is 17.4. The second-order valence-electron chi connectivity index (χ2n) is 7.54. The van der Waals surface area contributed by atoms with Gasteiger partial charge in [-0.25, -0.2) is 4.79 Å². The molecule has 4 rings (SSSR count). The first-order valence-electron chi connectivity index (χ1n) is 9.97. The lowest BCUT2D eigenvalue weighted by atomic mass is 10.2. The van der Waals surface area contributed by atoms with Crippen molar-refractivity contribution in [3.05, 3.63) is 65.7 Å². The predicted octanol–water partition coefficient (Wildman–Crippen LogP) is 3.28. The third kappa shape index (κ3) is 5.20.